The van der Waals surface area contributed by atoms with Gasteiger partial charge in [0.25, 0.3) is 0 Å². The van der Waals surface area contributed by atoms with Crippen LogP contribution in [-0.4, -0.2) is 16.9 Å². The molecule has 0 N–H and O–H groups in total. The molecule has 5 heteroatoms. The summed E-state index contributed by atoms with van der Waals surface area (Å²) in [4.78, 5) is 0. The van der Waals surface area contributed by atoms with Gasteiger partial charge in [0.05, 0.1) is 19.0 Å². The first kappa shape index (κ1) is 23.6. The summed E-state index contributed by atoms with van der Waals surface area (Å²) in [5, 5.41) is 8.77. The Morgan fingerprint density at radius 3 is 1.84 bits per heavy atom. The normalized spacial score (nSPS) is 13.5. The Hall–Kier alpha value is -3.75. The minimum absolute atomic E-state index is 0.299. The highest BCUT2D eigenvalue weighted by atomic mass is 31.2. The van der Waals surface area contributed by atoms with E-state index in [0.29, 0.717) is 17.4 Å². The van der Waals surface area contributed by atoms with Crippen LogP contribution in [0.1, 0.15) is 30.0 Å². The lowest BCUT2D eigenvalue weighted by atomic mass is 10.2. The molecular weight excluding hydrogens is 478 g/mol. The number of benzene rings is 4. The fourth-order valence-electron chi connectivity index (χ4n) is 5.30. The molecule has 4 aromatic carbocycles. The van der Waals surface area contributed by atoms with Crippen molar-refractivity contribution in [2.45, 2.75) is 24.9 Å². The maximum atomic E-state index is 15.1. The zero-order valence-corrected chi connectivity index (χ0v) is 21.7. The van der Waals surface area contributed by atoms with Gasteiger partial charge in [-0.2, -0.15) is 5.10 Å². The fraction of sp³-hybridized carbons (Fsp3) is 0.156. The van der Waals surface area contributed by atoms with E-state index in [9.17, 15) is 0 Å². The number of hydrogen-bond donors (Lipinski definition) is 0. The Kier molecular flexibility index (Phi) is 6.36. The molecule has 3 nitrogen and oxygen atoms in total. The standard InChI is InChI=1S/C32H29FN2OP/c1-36-26-19-20-30(33)31(21-26)35-32(24-17-18-24)25(22-34-35)23-37(27-11-5-2-6-12-27,28-13-7-3-8-14-28)29-15-9-4-10-16-29/h2-16,19-22,24H,17-18,23H2,1H3/q+1. The summed E-state index contributed by atoms with van der Waals surface area (Å²) in [6, 6.07) is 37.4. The molecule has 0 bridgehead atoms. The predicted octanol–water partition coefficient (Wildman–Crippen LogP) is 6.39. The molecule has 0 radical (unpaired) electrons. The van der Waals surface area contributed by atoms with E-state index in [0.717, 1.165) is 24.7 Å². The first-order valence-corrected chi connectivity index (χ1v) is 14.6. The molecule has 1 saturated carbocycles. The van der Waals surface area contributed by atoms with Gasteiger partial charge in [-0.05, 0) is 61.4 Å². The van der Waals surface area contributed by atoms with Crippen molar-refractivity contribution in [2.24, 2.45) is 0 Å². The smallest absolute Gasteiger partial charge is 0.149 e. The van der Waals surface area contributed by atoms with Crippen LogP contribution in [0.3, 0.4) is 0 Å². The molecule has 6 rings (SSSR count). The van der Waals surface area contributed by atoms with E-state index < -0.39 is 7.26 Å². The van der Waals surface area contributed by atoms with Crippen molar-refractivity contribution in [3.63, 3.8) is 0 Å². The summed E-state index contributed by atoms with van der Waals surface area (Å²) in [6.45, 7) is 0. The van der Waals surface area contributed by atoms with E-state index in [4.69, 9.17) is 9.84 Å². The first-order chi connectivity index (χ1) is 18.2. The molecule has 1 fully saturated rings. The minimum Gasteiger partial charge on any atom is -0.497 e. The monoisotopic (exact) mass is 507 g/mol. The van der Waals surface area contributed by atoms with Crippen LogP contribution in [0.2, 0.25) is 0 Å². The van der Waals surface area contributed by atoms with Gasteiger partial charge in [-0.15, -0.1) is 0 Å². The molecule has 1 heterocycles. The largest absolute Gasteiger partial charge is 0.497 e. The number of methoxy groups -OCH3 is 1. The van der Waals surface area contributed by atoms with Gasteiger partial charge in [-0.1, -0.05) is 54.6 Å². The summed E-state index contributed by atoms with van der Waals surface area (Å²) < 4.78 is 22.3. The lowest BCUT2D eigenvalue weighted by molar-refractivity contribution is 0.413. The van der Waals surface area contributed by atoms with Gasteiger partial charge >= 0.3 is 0 Å². The van der Waals surface area contributed by atoms with Crippen LogP contribution in [0.25, 0.3) is 5.69 Å². The summed E-state index contributed by atoms with van der Waals surface area (Å²) in [5.74, 6) is 0.704. The number of aromatic nitrogens is 2. The predicted molar refractivity (Wildman–Crippen MR) is 151 cm³/mol. The Morgan fingerprint density at radius 1 is 0.811 bits per heavy atom. The van der Waals surface area contributed by atoms with E-state index in [1.54, 1.807) is 19.2 Å². The zero-order chi connectivity index (χ0) is 25.2. The van der Waals surface area contributed by atoms with E-state index >= 15 is 4.39 Å². The molecule has 0 aliphatic heterocycles. The average molecular weight is 508 g/mol. The molecule has 0 unspecified atom stereocenters. The van der Waals surface area contributed by atoms with Gasteiger partial charge in [0, 0.05) is 17.5 Å². The maximum absolute atomic E-state index is 15.1. The summed E-state index contributed by atoms with van der Waals surface area (Å²) in [6.07, 6.45) is 4.98. The van der Waals surface area contributed by atoms with Crippen LogP contribution >= 0.6 is 7.26 Å². The van der Waals surface area contributed by atoms with E-state index in [2.05, 4.69) is 91.0 Å². The molecule has 184 valence electrons. The van der Waals surface area contributed by atoms with Gasteiger partial charge in [-0.3, -0.25) is 0 Å². The summed E-state index contributed by atoms with van der Waals surface area (Å²) in [5.41, 5.74) is 2.75. The highest BCUT2D eigenvalue weighted by Gasteiger charge is 2.47. The van der Waals surface area contributed by atoms with Crippen molar-refractivity contribution < 1.29 is 9.13 Å². The highest BCUT2D eigenvalue weighted by Crippen LogP contribution is 2.59. The number of rotatable bonds is 8. The van der Waals surface area contributed by atoms with E-state index in [-0.39, 0.29) is 5.82 Å². The van der Waals surface area contributed by atoms with Crippen molar-refractivity contribution in [1.29, 1.82) is 0 Å². The Labute approximate surface area is 217 Å². The number of ether oxygens (including phenoxy) is 1. The quantitative estimate of drug-likeness (QED) is 0.228. The Morgan fingerprint density at radius 2 is 1.35 bits per heavy atom. The lowest BCUT2D eigenvalue weighted by Gasteiger charge is -2.28. The third-order valence-electron chi connectivity index (χ3n) is 7.23. The van der Waals surface area contributed by atoms with Crippen molar-refractivity contribution >= 4 is 23.2 Å². The van der Waals surface area contributed by atoms with Crippen molar-refractivity contribution in [3.05, 3.63) is 132 Å². The molecule has 0 saturated heterocycles. The molecule has 1 aliphatic carbocycles. The molecule has 0 atom stereocenters. The van der Waals surface area contributed by atoms with Crippen LogP contribution < -0.4 is 20.7 Å². The highest BCUT2D eigenvalue weighted by molar-refractivity contribution is 7.95. The molecule has 1 aliphatic rings. The molecule has 1 aromatic heterocycles. The second kappa shape index (κ2) is 9.95. The third-order valence-corrected chi connectivity index (χ3v) is 11.6. The Bertz CT molecular complexity index is 1400. The van der Waals surface area contributed by atoms with E-state index in [1.165, 1.54) is 27.5 Å². The van der Waals surface area contributed by atoms with Crippen molar-refractivity contribution in [3.8, 4) is 11.4 Å². The van der Waals surface area contributed by atoms with Gasteiger partial charge < -0.3 is 4.74 Å². The minimum atomic E-state index is -2.09. The molecule has 37 heavy (non-hydrogen) atoms. The zero-order valence-electron chi connectivity index (χ0n) is 20.8. The fourth-order valence-corrected chi connectivity index (χ4v) is 9.54. The Balaban J connectivity index is 1.58. The number of hydrogen-bond acceptors (Lipinski definition) is 2. The van der Waals surface area contributed by atoms with Gasteiger partial charge in [0.2, 0.25) is 0 Å². The molecule has 0 spiro atoms. The maximum Gasteiger partial charge on any atom is 0.149 e. The van der Waals surface area contributed by atoms with Crippen LogP contribution in [0.5, 0.6) is 5.75 Å². The second-order valence-corrected chi connectivity index (χ2v) is 13.0. The molecular formula is C32H29FN2OP+. The van der Waals surface area contributed by atoms with Gasteiger partial charge in [-0.25, -0.2) is 9.07 Å². The van der Waals surface area contributed by atoms with Crippen LogP contribution in [-0.2, 0) is 6.16 Å². The van der Waals surface area contributed by atoms with Crippen molar-refractivity contribution in [1.82, 2.24) is 9.78 Å². The van der Waals surface area contributed by atoms with Crippen molar-refractivity contribution in [2.75, 3.05) is 7.11 Å². The summed E-state index contributed by atoms with van der Waals surface area (Å²) >= 11 is 0. The van der Waals surface area contributed by atoms with Crippen LogP contribution in [0.4, 0.5) is 4.39 Å². The lowest BCUT2D eigenvalue weighted by Crippen LogP contribution is -2.32. The average Bonchev–Trinajstić information content (AvgIpc) is 3.72. The topological polar surface area (TPSA) is 27.1 Å². The second-order valence-electron chi connectivity index (χ2n) is 9.53. The molecule has 5 aromatic rings. The van der Waals surface area contributed by atoms with Gasteiger partial charge in [0.1, 0.15) is 46.6 Å². The SMILES string of the molecule is COc1ccc(F)c(-n2ncc(C[P+](c3ccccc3)(c3ccccc3)c3ccccc3)c2C2CC2)c1. The summed E-state index contributed by atoms with van der Waals surface area (Å²) in [7, 11) is -0.488. The van der Waals surface area contributed by atoms with Crippen LogP contribution in [0.15, 0.2) is 115 Å². The number of nitrogens with zero attached hydrogens (tertiary/aromatic N) is 2. The molecule has 0 amide bonds. The first-order valence-electron chi connectivity index (χ1n) is 12.7. The number of halogens is 1. The third kappa shape index (κ3) is 4.36. The van der Waals surface area contributed by atoms with Gasteiger partial charge in [0.15, 0.2) is 0 Å². The van der Waals surface area contributed by atoms with Crippen LogP contribution in [0, 0.1) is 5.82 Å². The van der Waals surface area contributed by atoms with E-state index in [1.807, 2.05) is 10.9 Å².